The highest BCUT2D eigenvalue weighted by atomic mass is 79.9. The maximum absolute atomic E-state index is 5.64. The monoisotopic (exact) mass is 323 g/mol. The lowest BCUT2D eigenvalue weighted by Gasteiger charge is -2.07. The molecule has 18 heavy (non-hydrogen) atoms. The Bertz CT molecular complexity index is 545. The Balaban J connectivity index is 2.20. The standard InChI is InChI=1S/C14H14BrNOS/c1-17-11-3-2-4-12(7-11)18-13-6-5-10(9-16)14(15)8-13/h2-8H,9,16H2,1H3. The topological polar surface area (TPSA) is 35.2 Å². The first-order chi connectivity index (χ1) is 8.72. The van der Waals surface area contributed by atoms with Crippen LogP contribution in [0.1, 0.15) is 5.56 Å². The van der Waals surface area contributed by atoms with Crippen molar-refractivity contribution in [3.63, 3.8) is 0 Å². The molecule has 0 saturated heterocycles. The molecule has 0 fully saturated rings. The molecule has 0 bridgehead atoms. The number of hydrogen-bond donors (Lipinski definition) is 1. The third-order valence-electron chi connectivity index (χ3n) is 2.52. The van der Waals surface area contributed by atoms with Gasteiger partial charge >= 0.3 is 0 Å². The van der Waals surface area contributed by atoms with Gasteiger partial charge in [0.2, 0.25) is 0 Å². The van der Waals surface area contributed by atoms with Crippen LogP contribution in [0.15, 0.2) is 56.7 Å². The molecule has 0 aliphatic carbocycles. The third kappa shape index (κ3) is 3.28. The van der Waals surface area contributed by atoms with E-state index in [4.69, 9.17) is 10.5 Å². The minimum atomic E-state index is 0.546. The molecule has 0 amide bonds. The van der Waals surface area contributed by atoms with Crippen LogP contribution in [0.25, 0.3) is 0 Å². The van der Waals surface area contributed by atoms with Gasteiger partial charge in [-0.25, -0.2) is 0 Å². The van der Waals surface area contributed by atoms with Gasteiger partial charge in [-0.1, -0.05) is 39.8 Å². The number of nitrogens with two attached hydrogens (primary N) is 1. The molecule has 94 valence electrons. The molecular weight excluding hydrogens is 310 g/mol. The largest absolute Gasteiger partial charge is 0.497 e. The number of rotatable bonds is 4. The summed E-state index contributed by atoms with van der Waals surface area (Å²) >= 11 is 5.23. The first-order valence-corrected chi connectivity index (χ1v) is 7.14. The van der Waals surface area contributed by atoms with E-state index in [1.165, 1.54) is 4.90 Å². The Morgan fingerprint density at radius 1 is 1.17 bits per heavy atom. The SMILES string of the molecule is COc1cccc(Sc2ccc(CN)c(Br)c2)c1. The second kappa shape index (κ2) is 6.27. The molecule has 0 atom stereocenters. The fourth-order valence-electron chi connectivity index (χ4n) is 1.56. The van der Waals surface area contributed by atoms with Gasteiger partial charge in [0.1, 0.15) is 5.75 Å². The minimum absolute atomic E-state index is 0.546. The molecule has 2 aromatic carbocycles. The lowest BCUT2D eigenvalue weighted by atomic mass is 10.2. The quantitative estimate of drug-likeness (QED) is 0.921. The maximum atomic E-state index is 5.64. The van der Waals surface area contributed by atoms with Crippen molar-refractivity contribution < 1.29 is 4.74 Å². The molecule has 0 aliphatic heterocycles. The number of ether oxygens (including phenoxy) is 1. The van der Waals surface area contributed by atoms with Gasteiger partial charge in [-0.15, -0.1) is 0 Å². The summed E-state index contributed by atoms with van der Waals surface area (Å²) in [6, 6.07) is 14.2. The Morgan fingerprint density at radius 2 is 1.94 bits per heavy atom. The van der Waals surface area contributed by atoms with Crippen LogP contribution in [0.4, 0.5) is 0 Å². The molecule has 2 aromatic rings. The van der Waals surface area contributed by atoms with E-state index >= 15 is 0 Å². The lowest BCUT2D eigenvalue weighted by molar-refractivity contribution is 0.413. The first kappa shape index (κ1) is 13.5. The van der Waals surface area contributed by atoms with Crippen LogP contribution in [0, 0.1) is 0 Å². The molecule has 4 heteroatoms. The summed E-state index contributed by atoms with van der Waals surface area (Å²) in [5.41, 5.74) is 6.75. The van der Waals surface area contributed by atoms with Gasteiger partial charge in [-0.05, 0) is 35.9 Å². The average molecular weight is 324 g/mol. The Hall–Kier alpha value is -0.970. The van der Waals surface area contributed by atoms with E-state index in [2.05, 4.69) is 34.1 Å². The van der Waals surface area contributed by atoms with Crippen LogP contribution in [0.3, 0.4) is 0 Å². The van der Waals surface area contributed by atoms with Crippen LogP contribution in [0.5, 0.6) is 5.75 Å². The summed E-state index contributed by atoms with van der Waals surface area (Å²) in [5.74, 6) is 0.873. The number of halogens is 1. The normalized spacial score (nSPS) is 10.4. The Labute approximate surface area is 120 Å². The van der Waals surface area contributed by atoms with Crippen molar-refractivity contribution >= 4 is 27.7 Å². The van der Waals surface area contributed by atoms with Crippen LogP contribution in [-0.4, -0.2) is 7.11 Å². The highest BCUT2D eigenvalue weighted by Crippen LogP contribution is 2.32. The Kier molecular flexibility index (Phi) is 4.69. The lowest BCUT2D eigenvalue weighted by Crippen LogP contribution is -1.96. The van der Waals surface area contributed by atoms with Crippen molar-refractivity contribution in [1.29, 1.82) is 0 Å². The van der Waals surface area contributed by atoms with Crippen LogP contribution in [-0.2, 0) is 6.54 Å². The van der Waals surface area contributed by atoms with Crippen molar-refractivity contribution in [3.8, 4) is 5.75 Å². The highest BCUT2D eigenvalue weighted by Gasteiger charge is 2.03. The van der Waals surface area contributed by atoms with Crippen LogP contribution in [0.2, 0.25) is 0 Å². The predicted octanol–water partition coefficient (Wildman–Crippen LogP) is 4.07. The van der Waals surface area contributed by atoms with Gasteiger partial charge in [0, 0.05) is 20.8 Å². The molecule has 0 spiro atoms. The molecule has 2 rings (SSSR count). The van der Waals surface area contributed by atoms with E-state index in [0.29, 0.717) is 6.54 Å². The van der Waals surface area contributed by atoms with Crippen LogP contribution >= 0.6 is 27.7 Å². The Morgan fingerprint density at radius 3 is 2.61 bits per heavy atom. The molecular formula is C14H14BrNOS. The average Bonchev–Trinajstić information content (AvgIpc) is 2.39. The van der Waals surface area contributed by atoms with E-state index < -0.39 is 0 Å². The minimum Gasteiger partial charge on any atom is -0.497 e. The maximum Gasteiger partial charge on any atom is 0.119 e. The van der Waals surface area contributed by atoms with E-state index in [1.807, 2.05) is 24.3 Å². The smallest absolute Gasteiger partial charge is 0.119 e. The van der Waals surface area contributed by atoms with Crippen molar-refractivity contribution in [3.05, 3.63) is 52.5 Å². The zero-order valence-electron chi connectivity index (χ0n) is 10.0. The van der Waals surface area contributed by atoms with Crippen molar-refractivity contribution in [2.24, 2.45) is 5.73 Å². The second-order valence-electron chi connectivity index (χ2n) is 3.74. The van der Waals surface area contributed by atoms with Crippen molar-refractivity contribution in [2.45, 2.75) is 16.3 Å². The van der Waals surface area contributed by atoms with Gasteiger partial charge in [0.05, 0.1) is 7.11 Å². The number of methoxy groups -OCH3 is 1. The van der Waals surface area contributed by atoms with Crippen LogP contribution < -0.4 is 10.5 Å². The van der Waals surface area contributed by atoms with E-state index in [1.54, 1.807) is 18.9 Å². The molecule has 2 nitrogen and oxygen atoms in total. The van der Waals surface area contributed by atoms with E-state index in [0.717, 1.165) is 20.7 Å². The summed E-state index contributed by atoms with van der Waals surface area (Å²) in [5, 5.41) is 0. The second-order valence-corrected chi connectivity index (χ2v) is 5.74. The third-order valence-corrected chi connectivity index (χ3v) is 4.24. The molecule has 2 N–H and O–H groups in total. The van der Waals surface area contributed by atoms with Gasteiger partial charge in [0.15, 0.2) is 0 Å². The summed E-state index contributed by atoms with van der Waals surface area (Å²) in [4.78, 5) is 2.33. The van der Waals surface area contributed by atoms with E-state index in [-0.39, 0.29) is 0 Å². The van der Waals surface area contributed by atoms with Gasteiger partial charge < -0.3 is 10.5 Å². The summed E-state index contributed by atoms with van der Waals surface area (Å²) in [6.07, 6.45) is 0. The molecule has 0 saturated carbocycles. The predicted molar refractivity (Wildman–Crippen MR) is 79.2 cm³/mol. The fraction of sp³-hybridized carbons (Fsp3) is 0.143. The summed E-state index contributed by atoms with van der Waals surface area (Å²) in [7, 11) is 1.68. The fourth-order valence-corrected chi connectivity index (χ4v) is 3.16. The van der Waals surface area contributed by atoms with E-state index in [9.17, 15) is 0 Å². The summed E-state index contributed by atoms with van der Waals surface area (Å²) in [6.45, 7) is 0.546. The first-order valence-electron chi connectivity index (χ1n) is 5.53. The summed E-state index contributed by atoms with van der Waals surface area (Å²) < 4.78 is 6.27. The molecule has 0 radical (unpaired) electrons. The molecule has 0 unspecified atom stereocenters. The highest BCUT2D eigenvalue weighted by molar-refractivity contribution is 9.10. The van der Waals surface area contributed by atoms with Gasteiger partial charge in [0.25, 0.3) is 0 Å². The molecule has 0 aliphatic rings. The van der Waals surface area contributed by atoms with Gasteiger partial charge in [-0.3, -0.25) is 0 Å². The zero-order valence-corrected chi connectivity index (χ0v) is 12.4. The molecule has 0 heterocycles. The van der Waals surface area contributed by atoms with Crippen molar-refractivity contribution in [2.75, 3.05) is 7.11 Å². The zero-order chi connectivity index (χ0) is 13.0. The molecule has 0 aromatic heterocycles. The number of benzene rings is 2. The number of hydrogen-bond acceptors (Lipinski definition) is 3. The van der Waals surface area contributed by atoms with Crippen molar-refractivity contribution in [1.82, 2.24) is 0 Å². The van der Waals surface area contributed by atoms with Gasteiger partial charge in [-0.2, -0.15) is 0 Å².